The molecule has 0 fully saturated rings. The maximum atomic E-state index is 8.51. The smallest absolute Gasteiger partial charge is 0.130 e. The summed E-state index contributed by atoms with van der Waals surface area (Å²) >= 11 is 5.75. The van der Waals surface area contributed by atoms with Gasteiger partial charge in [0, 0.05) is 12.6 Å². The second kappa shape index (κ2) is 3.89. The van der Waals surface area contributed by atoms with E-state index in [-0.39, 0.29) is 0 Å². The Labute approximate surface area is 76.1 Å². The van der Waals surface area contributed by atoms with E-state index in [1.807, 2.05) is 6.07 Å². The van der Waals surface area contributed by atoms with Gasteiger partial charge in [-0.2, -0.15) is 5.26 Å². The molecule has 1 aromatic carbocycles. The van der Waals surface area contributed by atoms with E-state index >= 15 is 0 Å². The van der Waals surface area contributed by atoms with Crippen molar-refractivity contribution in [3.05, 3.63) is 35.4 Å². The third kappa shape index (κ3) is 1.84. The molecule has 0 saturated carbocycles. The first-order valence-electron chi connectivity index (χ1n) is 3.40. The average molecular weight is 179 g/mol. The van der Waals surface area contributed by atoms with Crippen LogP contribution in [0.15, 0.2) is 29.3 Å². The van der Waals surface area contributed by atoms with Crippen molar-refractivity contribution in [1.82, 2.24) is 0 Å². The molecule has 2 nitrogen and oxygen atoms in total. The zero-order valence-corrected chi connectivity index (χ0v) is 7.34. The normalized spacial score (nSPS) is 10.9. The molecule has 0 radical (unpaired) electrons. The second-order valence-corrected chi connectivity index (χ2v) is 2.56. The summed E-state index contributed by atoms with van der Waals surface area (Å²) in [7, 11) is 1.63. The number of aliphatic imine (C=N–C) groups is 1. The van der Waals surface area contributed by atoms with Crippen molar-refractivity contribution in [2.45, 2.75) is 0 Å². The number of nitrogens with zero attached hydrogens (tertiary/aromatic N) is 2. The zero-order chi connectivity index (χ0) is 8.97. The molecule has 0 saturated heterocycles. The van der Waals surface area contributed by atoms with Crippen molar-refractivity contribution in [3.8, 4) is 6.07 Å². The summed E-state index contributed by atoms with van der Waals surface area (Å²) in [6.07, 6.45) is 0. The molecule has 0 spiro atoms. The fourth-order valence-electron chi connectivity index (χ4n) is 0.811. The molecule has 3 heteroatoms. The lowest BCUT2D eigenvalue weighted by molar-refractivity contribution is 1.44. The molecule has 0 aliphatic heterocycles. The highest BCUT2D eigenvalue weighted by Crippen LogP contribution is 2.06. The summed E-state index contributed by atoms with van der Waals surface area (Å²) in [5.74, 6) is 0. The molecular formula is C9H7ClN2. The van der Waals surface area contributed by atoms with E-state index in [0.717, 1.165) is 5.56 Å². The van der Waals surface area contributed by atoms with Crippen LogP contribution in [0.3, 0.4) is 0 Å². The second-order valence-electron chi connectivity index (χ2n) is 2.20. The molecular weight excluding hydrogens is 172 g/mol. The topological polar surface area (TPSA) is 36.1 Å². The number of halogens is 1. The summed E-state index contributed by atoms with van der Waals surface area (Å²) in [6, 6.07) is 8.99. The molecule has 0 amide bonds. The highest BCUT2D eigenvalue weighted by Gasteiger charge is 1.97. The van der Waals surface area contributed by atoms with E-state index < -0.39 is 0 Å². The van der Waals surface area contributed by atoms with Gasteiger partial charge in [-0.15, -0.1) is 0 Å². The van der Waals surface area contributed by atoms with Crippen molar-refractivity contribution in [2.75, 3.05) is 7.05 Å². The highest BCUT2D eigenvalue weighted by molar-refractivity contribution is 6.69. The summed E-state index contributed by atoms with van der Waals surface area (Å²) in [5.41, 5.74) is 1.46. The molecule has 0 heterocycles. The Morgan fingerprint density at radius 3 is 2.42 bits per heavy atom. The van der Waals surface area contributed by atoms with E-state index in [1.165, 1.54) is 0 Å². The Bertz CT molecular complexity index is 333. The standard InChI is InChI=1S/C9H7ClN2/c1-12-9(10)8-4-2-7(6-11)3-5-8/h2-5H,1H3. The van der Waals surface area contributed by atoms with Gasteiger partial charge in [-0.05, 0) is 12.1 Å². The quantitative estimate of drug-likeness (QED) is 0.608. The van der Waals surface area contributed by atoms with Crippen LogP contribution in [-0.4, -0.2) is 12.2 Å². The van der Waals surface area contributed by atoms with E-state index in [0.29, 0.717) is 10.7 Å². The Kier molecular flexibility index (Phi) is 2.84. The number of nitriles is 1. The van der Waals surface area contributed by atoms with Gasteiger partial charge in [0.1, 0.15) is 5.17 Å². The first-order chi connectivity index (χ1) is 5.77. The molecule has 0 aliphatic rings. The number of hydrogen-bond acceptors (Lipinski definition) is 2. The summed E-state index contributed by atoms with van der Waals surface area (Å²) < 4.78 is 0. The van der Waals surface area contributed by atoms with Crippen LogP contribution >= 0.6 is 11.6 Å². The molecule has 1 aromatic rings. The van der Waals surface area contributed by atoms with Gasteiger partial charge < -0.3 is 0 Å². The molecule has 12 heavy (non-hydrogen) atoms. The Balaban J connectivity index is 3.02. The minimum atomic E-state index is 0.458. The van der Waals surface area contributed by atoms with Gasteiger partial charge in [-0.1, -0.05) is 23.7 Å². The van der Waals surface area contributed by atoms with Crippen LogP contribution in [0, 0.1) is 11.3 Å². The van der Waals surface area contributed by atoms with E-state index in [9.17, 15) is 0 Å². The number of rotatable bonds is 1. The fourth-order valence-corrected chi connectivity index (χ4v) is 0.937. The van der Waals surface area contributed by atoms with Gasteiger partial charge in [-0.25, -0.2) is 0 Å². The third-order valence-corrected chi connectivity index (χ3v) is 1.84. The van der Waals surface area contributed by atoms with Crippen molar-refractivity contribution in [3.63, 3.8) is 0 Å². The first-order valence-corrected chi connectivity index (χ1v) is 3.78. The lowest BCUT2D eigenvalue weighted by Gasteiger charge is -1.95. The molecule has 0 atom stereocenters. The maximum absolute atomic E-state index is 8.51. The minimum absolute atomic E-state index is 0.458. The molecule has 0 aromatic heterocycles. The van der Waals surface area contributed by atoms with E-state index in [1.54, 1.807) is 31.3 Å². The Morgan fingerprint density at radius 1 is 1.42 bits per heavy atom. The number of benzene rings is 1. The summed E-state index contributed by atoms with van der Waals surface area (Å²) in [5, 5.41) is 8.97. The lowest BCUT2D eigenvalue weighted by Crippen LogP contribution is -1.89. The minimum Gasteiger partial charge on any atom is -0.276 e. The van der Waals surface area contributed by atoms with Crippen molar-refractivity contribution >= 4 is 16.8 Å². The maximum Gasteiger partial charge on any atom is 0.130 e. The van der Waals surface area contributed by atoms with Crippen LogP contribution in [0.2, 0.25) is 0 Å². The lowest BCUT2D eigenvalue weighted by atomic mass is 10.2. The van der Waals surface area contributed by atoms with Gasteiger partial charge in [0.2, 0.25) is 0 Å². The van der Waals surface area contributed by atoms with Gasteiger partial charge in [0.25, 0.3) is 0 Å². The van der Waals surface area contributed by atoms with Crippen LogP contribution in [0.1, 0.15) is 11.1 Å². The first kappa shape index (κ1) is 8.76. The van der Waals surface area contributed by atoms with Gasteiger partial charge in [0.05, 0.1) is 11.6 Å². The fraction of sp³-hybridized carbons (Fsp3) is 0.111. The van der Waals surface area contributed by atoms with Crippen LogP contribution in [0.4, 0.5) is 0 Å². The van der Waals surface area contributed by atoms with Crippen LogP contribution in [-0.2, 0) is 0 Å². The van der Waals surface area contributed by atoms with Gasteiger partial charge in [-0.3, -0.25) is 4.99 Å². The van der Waals surface area contributed by atoms with Crippen molar-refractivity contribution in [1.29, 1.82) is 5.26 Å². The van der Waals surface area contributed by atoms with E-state index in [4.69, 9.17) is 16.9 Å². The summed E-state index contributed by atoms with van der Waals surface area (Å²) in [4.78, 5) is 3.81. The molecule has 0 N–H and O–H groups in total. The van der Waals surface area contributed by atoms with Crippen LogP contribution < -0.4 is 0 Å². The third-order valence-electron chi connectivity index (χ3n) is 1.45. The largest absolute Gasteiger partial charge is 0.276 e. The molecule has 1 rings (SSSR count). The predicted molar refractivity (Wildman–Crippen MR) is 49.5 cm³/mol. The van der Waals surface area contributed by atoms with E-state index in [2.05, 4.69) is 4.99 Å². The van der Waals surface area contributed by atoms with Crippen molar-refractivity contribution in [2.24, 2.45) is 4.99 Å². The van der Waals surface area contributed by atoms with Crippen LogP contribution in [0.25, 0.3) is 0 Å². The number of hydrogen-bond donors (Lipinski definition) is 0. The predicted octanol–water partition coefficient (Wildman–Crippen LogP) is 2.17. The molecule has 0 unspecified atom stereocenters. The van der Waals surface area contributed by atoms with Gasteiger partial charge >= 0.3 is 0 Å². The average Bonchev–Trinajstić information content (AvgIpc) is 2.17. The summed E-state index contributed by atoms with van der Waals surface area (Å²) in [6.45, 7) is 0. The van der Waals surface area contributed by atoms with Crippen molar-refractivity contribution < 1.29 is 0 Å². The van der Waals surface area contributed by atoms with Gasteiger partial charge in [0.15, 0.2) is 0 Å². The molecule has 60 valence electrons. The SMILES string of the molecule is CN=C(Cl)c1ccc(C#N)cc1. The molecule has 0 bridgehead atoms. The zero-order valence-electron chi connectivity index (χ0n) is 6.58. The molecule has 0 aliphatic carbocycles. The Hall–Kier alpha value is -1.33. The monoisotopic (exact) mass is 178 g/mol. The van der Waals surface area contributed by atoms with Crippen LogP contribution in [0.5, 0.6) is 0 Å². The Morgan fingerprint density at radius 2 is 2.00 bits per heavy atom. The highest BCUT2D eigenvalue weighted by atomic mass is 35.5.